The van der Waals surface area contributed by atoms with Gasteiger partial charge in [-0.25, -0.2) is 0 Å². The minimum absolute atomic E-state index is 0.900. The summed E-state index contributed by atoms with van der Waals surface area (Å²) in [5.74, 6) is 2.31. The molecule has 5 heteroatoms. The Bertz CT molecular complexity index is 169. The van der Waals surface area contributed by atoms with Crippen LogP contribution in [0.25, 0.3) is 0 Å². The fraction of sp³-hybridized carbons (Fsp3) is 1.00. The number of hydrogen-bond acceptors (Lipinski definition) is 4. The Morgan fingerprint density at radius 2 is 1.33 bits per heavy atom. The Labute approximate surface area is 118 Å². The van der Waals surface area contributed by atoms with Crippen LogP contribution in [0.4, 0.5) is 0 Å². The van der Waals surface area contributed by atoms with Gasteiger partial charge in [-0.3, -0.25) is 0 Å². The van der Waals surface area contributed by atoms with Gasteiger partial charge in [0.25, 0.3) is 0 Å². The monoisotopic (exact) mass is 294 g/mol. The van der Waals surface area contributed by atoms with Gasteiger partial charge in [0.15, 0.2) is 0 Å². The highest BCUT2D eigenvalue weighted by atomic mass is 32.2. The zero-order chi connectivity index (χ0) is 13.7. The molecule has 0 amide bonds. The number of rotatable bonds is 13. The van der Waals surface area contributed by atoms with Gasteiger partial charge in [-0.15, -0.1) is 0 Å². The summed E-state index contributed by atoms with van der Waals surface area (Å²) in [6.07, 6.45) is 8.20. The molecule has 0 atom stereocenters. The van der Waals surface area contributed by atoms with E-state index in [1.807, 2.05) is 11.8 Å². The molecule has 0 unspecified atom stereocenters. The van der Waals surface area contributed by atoms with Crippen LogP contribution in [0.3, 0.4) is 0 Å². The standard InChI is InChI=1S/C13H30O3SSi/c1-5-6-7-8-9-10-11-17-12-13-18(14-2,15-3)16-4/h5-13H2,1-4H3. The Balaban J connectivity index is 3.38. The lowest BCUT2D eigenvalue weighted by Gasteiger charge is -2.23. The molecule has 0 spiro atoms. The summed E-state index contributed by atoms with van der Waals surface area (Å²) in [5, 5.41) is 0. The lowest BCUT2D eigenvalue weighted by Crippen LogP contribution is -2.43. The van der Waals surface area contributed by atoms with E-state index < -0.39 is 8.80 Å². The molecule has 0 fully saturated rings. The molecule has 0 bridgehead atoms. The maximum Gasteiger partial charge on any atom is 0.500 e. The van der Waals surface area contributed by atoms with E-state index in [4.69, 9.17) is 13.3 Å². The second-order valence-corrected chi connectivity index (χ2v) is 8.74. The summed E-state index contributed by atoms with van der Waals surface area (Å²) in [5.41, 5.74) is 0. The lowest BCUT2D eigenvalue weighted by molar-refractivity contribution is 0.125. The van der Waals surface area contributed by atoms with Crippen molar-refractivity contribution in [3.05, 3.63) is 0 Å². The van der Waals surface area contributed by atoms with Gasteiger partial charge in [0.2, 0.25) is 0 Å². The second kappa shape index (κ2) is 12.5. The van der Waals surface area contributed by atoms with E-state index >= 15 is 0 Å². The molecule has 0 saturated carbocycles. The van der Waals surface area contributed by atoms with Crippen LogP contribution in [-0.2, 0) is 13.3 Å². The first-order chi connectivity index (χ1) is 8.74. The van der Waals surface area contributed by atoms with Gasteiger partial charge in [0, 0.05) is 27.4 Å². The molecule has 0 aliphatic heterocycles. The highest BCUT2D eigenvalue weighted by molar-refractivity contribution is 7.99. The highest BCUT2D eigenvalue weighted by Gasteiger charge is 2.36. The zero-order valence-corrected chi connectivity index (χ0v) is 14.3. The number of thioether (sulfide) groups is 1. The summed E-state index contributed by atoms with van der Waals surface area (Å²) in [6.45, 7) is 2.26. The van der Waals surface area contributed by atoms with E-state index in [1.165, 1.54) is 44.3 Å². The summed E-state index contributed by atoms with van der Waals surface area (Å²) < 4.78 is 16.2. The van der Waals surface area contributed by atoms with E-state index in [0.717, 1.165) is 11.8 Å². The van der Waals surface area contributed by atoms with Gasteiger partial charge in [-0.05, 0) is 17.9 Å². The Morgan fingerprint density at radius 1 is 0.778 bits per heavy atom. The molecule has 0 aromatic heterocycles. The van der Waals surface area contributed by atoms with Crippen molar-refractivity contribution in [2.45, 2.75) is 51.5 Å². The van der Waals surface area contributed by atoms with Crippen LogP contribution in [0.1, 0.15) is 45.4 Å². The average molecular weight is 295 g/mol. The van der Waals surface area contributed by atoms with Crippen molar-refractivity contribution in [1.82, 2.24) is 0 Å². The molecule has 0 N–H and O–H groups in total. The summed E-state index contributed by atoms with van der Waals surface area (Å²) in [7, 11) is 2.71. The van der Waals surface area contributed by atoms with Crippen LogP contribution in [-0.4, -0.2) is 41.6 Å². The first-order valence-electron chi connectivity index (χ1n) is 6.98. The molecule has 0 aliphatic carbocycles. The summed E-state index contributed by atoms with van der Waals surface area (Å²) in [6, 6.07) is 0.900. The van der Waals surface area contributed by atoms with Crippen molar-refractivity contribution in [3.63, 3.8) is 0 Å². The molecule has 0 rings (SSSR count). The molecule has 0 aromatic carbocycles. The fourth-order valence-corrected chi connectivity index (χ4v) is 5.14. The first kappa shape index (κ1) is 18.4. The van der Waals surface area contributed by atoms with Gasteiger partial charge in [0.1, 0.15) is 0 Å². The van der Waals surface area contributed by atoms with E-state index in [-0.39, 0.29) is 0 Å². The van der Waals surface area contributed by atoms with Crippen LogP contribution in [0.2, 0.25) is 6.04 Å². The van der Waals surface area contributed by atoms with Gasteiger partial charge in [-0.2, -0.15) is 11.8 Å². The van der Waals surface area contributed by atoms with Crippen LogP contribution >= 0.6 is 11.8 Å². The maximum atomic E-state index is 5.39. The maximum absolute atomic E-state index is 5.39. The van der Waals surface area contributed by atoms with Crippen molar-refractivity contribution < 1.29 is 13.3 Å². The molecule has 0 radical (unpaired) electrons. The summed E-state index contributed by atoms with van der Waals surface area (Å²) >= 11 is 1.98. The quantitative estimate of drug-likeness (QED) is 0.380. The smallest absolute Gasteiger partial charge is 0.377 e. The van der Waals surface area contributed by atoms with E-state index in [0.29, 0.717) is 0 Å². The van der Waals surface area contributed by atoms with Crippen molar-refractivity contribution >= 4 is 20.6 Å². The Hall–Kier alpha value is 0.447. The van der Waals surface area contributed by atoms with E-state index in [9.17, 15) is 0 Å². The zero-order valence-electron chi connectivity index (χ0n) is 12.5. The van der Waals surface area contributed by atoms with E-state index in [1.54, 1.807) is 21.3 Å². The topological polar surface area (TPSA) is 27.7 Å². The average Bonchev–Trinajstić information content (AvgIpc) is 2.42. The van der Waals surface area contributed by atoms with Crippen LogP contribution in [0, 0.1) is 0 Å². The van der Waals surface area contributed by atoms with Gasteiger partial charge >= 0.3 is 8.80 Å². The molecule has 0 aliphatic rings. The first-order valence-corrected chi connectivity index (χ1v) is 10.1. The second-order valence-electron chi connectivity index (χ2n) is 4.43. The third-order valence-corrected chi connectivity index (χ3v) is 7.29. The van der Waals surface area contributed by atoms with E-state index in [2.05, 4.69) is 6.92 Å². The van der Waals surface area contributed by atoms with Crippen molar-refractivity contribution in [1.29, 1.82) is 0 Å². The van der Waals surface area contributed by atoms with Crippen LogP contribution in [0.15, 0.2) is 0 Å². The fourth-order valence-electron chi connectivity index (χ4n) is 1.84. The van der Waals surface area contributed by atoms with Gasteiger partial charge in [-0.1, -0.05) is 39.0 Å². The molecular weight excluding hydrogens is 264 g/mol. The minimum atomic E-state index is -2.32. The van der Waals surface area contributed by atoms with Crippen molar-refractivity contribution in [2.24, 2.45) is 0 Å². The molecule has 110 valence electrons. The SMILES string of the molecule is CCCCCCCCSCC[Si](OC)(OC)OC. The molecule has 3 nitrogen and oxygen atoms in total. The Morgan fingerprint density at radius 3 is 1.89 bits per heavy atom. The molecule has 0 heterocycles. The predicted octanol–water partition coefficient (Wildman–Crippen LogP) is 3.96. The highest BCUT2D eigenvalue weighted by Crippen LogP contribution is 2.18. The normalized spacial score (nSPS) is 12.0. The predicted molar refractivity (Wildman–Crippen MR) is 82.3 cm³/mol. The van der Waals surface area contributed by atoms with Gasteiger partial charge in [0.05, 0.1) is 0 Å². The Kier molecular flexibility index (Phi) is 12.8. The third kappa shape index (κ3) is 8.53. The van der Waals surface area contributed by atoms with Gasteiger partial charge < -0.3 is 13.3 Å². The molecule has 0 aromatic rings. The minimum Gasteiger partial charge on any atom is -0.377 e. The number of hydrogen-bond donors (Lipinski definition) is 0. The van der Waals surface area contributed by atoms with Crippen molar-refractivity contribution in [2.75, 3.05) is 32.8 Å². The van der Waals surface area contributed by atoms with Crippen LogP contribution < -0.4 is 0 Å². The largest absolute Gasteiger partial charge is 0.500 e. The lowest BCUT2D eigenvalue weighted by atomic mass is 10.1. The number of unbranched alkanes of at least 4 members (excludes halogenated alkanes) is 5. The third-order valence-electron chi connectivity index (χ3n) is 3.13. The molecule has 18 heavy (non-hydrogen) atoms. The van der Waals surface area contributed by atoms with Crippen LogP contribution in [0.5, 0.6) is 0 Å². The summed E-state index contributed by atoms with van der Waals surface area (Å²) in [4.78, 5) is 0. The molecular formula is C13H30O3SSi. The van der Waals surface area contributed by atoms with Crippen molar-refractivity contribution in [3.8, 4) is 0 Å². The molecule has 0 saturated heterocycles.